The van der Waals surface area contributed by atoms with Crippen LogP contribution in [0.4, 0.5) is 20.3 Å². The molecule has 2 N–H and O–H groups in total. The minimum absolute atomic E-state index is 0. The van der Waals surface area contributed by atoms with E-state index in [4.69, 9.17) is 4.99 Å². The van der Waals surface area contributed by atoms with Gasteiger partial charge in [0.05, 0.1) is 12.2 Å². The van der Waals surface area contributed by atoms with E-state index in [9.17, 15) is 8.78 Å². The normalized spacial score (nSPS) is 16.2. The zero-order valence-electron chi connectivity index (χ0n) is 17.5. The van der Waals surface area contributed by atoms with Crippen LogP contribution in [0.1, 0.15) is 18.9 Å². The van der Waals surface area contributed by atoms with Gasteiger partial charge in [-0.2, -0.15) is 0 Å². The van der Waals surface area contributed by atoms with E-state index >= 15 is 0 Å². The van der Waals surface area contributed by atoms with Gasteiger partial charge in [0, 0.05) is 57.6 Å². The molecular weight excluding hydrogens is 501 g/mol. The summed E-state index contributed by atoms with van der Waals surface area (Å²) in [5, 5.41) is 6.70. The van der Waals surface area contributed by atoms with Gasteiger partial charge in [-0.15, -0.1) is 24.0 Å². The summed E-state index contributed by atoms with van der Waals surface area (Å²) >= 11 is 0. The minimum atomic E-state index is -0.561. The number of pyridine rings is 1. The molecular formula is C21H29F2IN6. The minimum Gasteiger partial charge on any atom is -0.367 e. The maximum absolute atomic E-state index is 14.1. The molecule has 0 spiro atoms. The van der Waals surface area contributed by atoms with Crippen LogP contribution < -0.4 is 20.4 Å². The summed E-state index contributed by atoms with van der Waals surface area (Å²) in [5.74, 6) is 0.520. The van der Waals surface area contributed by atoms with Crippen LogP contribution in [0.3, 0.4) is 0 Å². The van der Waals surface area contributed by atoms with E-state index in [1.165, 1.54) is 12.1 Å². The number of guanidine groups is 1. The summed E-state index contributed by atoms with van der Waals surface area (Å²) in [5.41, 5.74) is 1.47. The lowest BCUT2D eigenvalue weighted by Gasteiger charge is -2.21. The average molecular weight is 530 g/mol. The van der Waals surface area contributed by atoms with Crippen molar-refractivity contribution in [2.45, 2.75) is 25.9 Å². The lowest BCUT2D eigenvalue weighted by atomic mass is 10.2. The molecule has 1 unspecified atom stereocenters. The Kier molecular flexibility index (Phi) is 9.07. The van der Waals surface area contributed by atoms with Crippen LogP contribution in [0.25, 0.3) is 0 Å². The molecule has 3 rings (SSSR count). The van der Waals surface area contributed by atoms with Crippen molar-refractivity contribution in [2.75, 3.05) is 43.5 Å². The highest BCUT2D eigenvalue weighted by Gasteiger charge is 2.25. The Bertz CT molecular complexity index is 861. The second-order valence-electron chi connectivity index (χ2n) is 7.25. The molecule has 1 aromatic carbocycles. The van der Waals surface area contributed by atoms with E-state index in [-0.39, 0.29) is 30.0 Å². The number of benzene rings is 1. The van der Waals surface area contributed by atoms with Crippen molar-refractivity contribution in [3.63, 3.8) is 0 Å². The number of nitrogens with zero attached hydrogens (tertiary/aromatic N) is 4. The lowest BCUT2D eigenvalue weighted by molar-refractivity contribution is 0.580. The first kappa shape index (κ1) is 24.1. The van der Waals surface area contributed by atoms with Crippen molar-refractivity contribution >= 4 is 41.4 Å². The summed E-state index contributed by atoms with van der Waals surface area (Å²) < 4.78 is 27.2. The van der Waals surface area contributed by atoms with Gasteiger partial charge in [-0.05, 0) is 31.5 Å². The zero-order chi connectivity index (χ0) is 20.8. The van der Waals surface area contributed by atoms with Crippen molar-refractivity contribution < 1.29 is 8.78 Å². The fourth-order valence-electron chi connectivity index (χ4n) is 3.47. The van der Waals surface area contributed by atoms with Gasteiger partial charge in [-0.3, -0.25) is 0 Å². The molecule has 1 atom stereocenters. The SMILES string of the molecule is CCNC(=NCc1cccnc1N(C)C)NC1CCN(c2ccc(F)cc2F)C1.I. The molecule has 1 aliphatic heterocycles. The Morgan fingerprint density at radius 1 is 1.30 bits per heavy atom. The molecule has 30 heavy (non-hydrogen) atoms. The monoisotopic (exact) mass is 530 g/mol. The summed E-state index contributed by atoms with van der Waals surface area (Å²) in [7, 11) is 3.92. The fraction of sp³-hybridized carbons (Fsp3) is 0.429. The van der Waals surface area contributed by atoms with Crippen molar-refractivity contribution in [2.24, 2.45) is 4.99 Å². The molecule has 2 aromatic rings. The third kappa shape index (κ3) is 6.16. The van der Waals surface area contributed by atoms with E-state index in [2.05, 4.69) is 15.6 Å². The number of rotatable bonds is 6. The highest BCUT2D eigenvalue weighted by Crippen LogP contribution is 2.24. The lowest BCUT2D eigenvalue weighted by Crippen LogP contribution is -2.44. The topological polar surface area (TPSA) is 55.8 Å². The van der Waals surface area contributed by atoms with Crippen LogP contribution in [0.5, 0.6) is 0 Å². The van der Waals surface area contributed by atoms with Gasteiger partial charge < -0.3 is 20.4 Å². The van der Waals surface area contributed by atoms with Crippen molar-refractivity contribution in [3.8, 4) is 0 Å². The van der Waals surface area contributed by atoms with E-state index in [0.29, 0.717) is 31.3 Å². The molecule has 0 saturated carbocycles. The van der Waals surface area contributed by atoms with Crippen LogP contribution in [0.15, 0.2) is 41.5 Å². The molecule has 1 aromatic heterocycles. The van der Waals surface area contributed by atoms with Crippen LogP contribution in [-0.4, -0.2) is 50.7 Å². The van der Waals surface area contributed by atoms with Gasteiger partial charge in [0.25, 0.3) is 0 Å². The molecule has 6 nitrogen and oxygen atoms in total. The average Bonchev–Trinajstić information content (AvgIpc) is 3.14. The van der Waals surface area contributed by atoms with Gasteiger partial charge in [0.2, 0.25) is 0 Å². The zero-order valence-corrected chi connectivity index (χ0v) is 19.9. The Balaban J connectivity index is 0.00000320. The van der Waals surface area contributed by atoms with Crippen LogP contribution in [0.2, 0.25) is 0 Å². The molecule has 0 amide bonds. The number of nitrogens with one attached hydrogen (secondary N) is 2. The summed E-state index contributed by atoms with van der Waals surface area (Å²) in [6.45, 7) is 4.58. The predicted octanol–water partition coefficient (Wildman–Crippen LogP) is 3.38. The molecule has 9 heteroatoms. The maximum atomic E-state index is 14.1. The standard InChI is InChI=1S/C21H28F2N6.HI/c1-4-24-21(26-13-15-6-5-10-25-20(15)28(2)3)27-17-9-11-29(14-17)19-8-7-16(22)12-18(19)23;/h5-8,10,12,17H,4,9,11,13-14H2,1-3H3,(H2,24,26,27);1H. The number of aromatic nitrogens is 1. The van der Waals surface area contributed by atoms with Gasteiger partial charge in [-0.25, -0.2) is 18.8 Å². The molecule has 1 saturated heterocycles. The number of hydrogen-bond acceptors (Lipinski definition) is 4. The molecule has 2 heterocycles. The van der Waals surface area contributed by atoms with E-state index in [1.54, 1.807) is 6.20 Å². The Morgan fingerprint density at radius 2 is 2.10 bits per heavy atom. The smallest absolute Gasteiger partial charge is 0.191 e. The van der Waals surface area contributed by atoms with Gasteiger partial charge in [-0.1, -0.05) is 6.07 Å². The summed E-state index contributed by atoms with van der Waals surface area (Å²) in [6, 6.07) is 7.77. The van der Waals surface area contributed by atoms with Gasteiger partial charge in [0.15, 0.2) is 5.96 Å². The highest BCUT2D eigenvalue weighted by molar-refractivity contribution is 14.0. The largest absolute Gasteiger partial charge is 0.367 e. The molecule has 164 valence electrons. The van der Waals surface area contributed by atoms with Crippen LogP contribution >= 0.6 is 24.0 Å². The summed E-state index contributed by atoms with van der Waals surface area (Å²) in [6.07, 6.45) is 2.62. The molecule has 0 aliphatic carbocycles. The number of hydrogen-bond donors (Lipinski definition) is 2. The van der Waals surface area contributed by atoms with Crippen molar-refractivity contribution in [3.05, 3.63) is 53.7 Å². The predicted molar refractivity (Wildman–Crippen MR) is 129 cm³/mol. The first-order valence-electron chi connectivity index (χ1n) is 9.84. The quantitative estimate of drug-likeness (QED) is 0.341. The number of halogens is 3. The highest BCUT2D eigenvalue weighted by atomic mass is 127. The van der Waals surface area contributed by atoms with Gasteiger partial charge in [0.1, 0.15) is 17.5 Å². The van der Waals surface area contributed by atoms with E-state index < -0.39 is 11.6 Å². The third-order valence-corrected chi connectivity index (χ3v) is 4.82. The first-order chi connectivity index (χ1) is 14.0. The van der Waals surface area contributed by atoms with Crippen molar-refractivity contribution in [1.29, 1.82) is 0 Å². The number of aliphatic imine (C=N–C) groups is 1. The van der Waals surface area contributed by atoms with Crippen molar-refractivity contribution in [1.82, 2.24) is 15.6 Å². The number of anilines is 2. The molecule has 0 radical (unpaired) electrons. The molecule has 0 bridgehead atoms. The fourth-order valence-corrected chi connectivity index (χ4v) is 3.47. The second-order valence-corrected chi connectivity index (χ2v) is 7.25. The second kappa shape index (κ2) is 11.3. The Morgan fingerprint density at radius 3 is 2.80 bits per heavy atom. The molecule has 1 aliphatic rings. The molecule has 1 fully saturated rings. The van der Waals surface area contributed by atoms with Gasteiger partial charge >= 0.3 is 0 Å². The Hall–Kier alpha value is -2.17. The van der Waals surface area contributed by atoms with Crippen LogP contribution in [-0.2, 0) is 6.54 Å². The van der Waals surface area contributed by atoms with Crippen LogP contribution in [0, 0.1) is 11.6 Å². The van der Waals surface area contributed by atoms with E-state index in [1.807, 2.05) is 43.0 Å². The summed E-state index contributed by atoms with van der Waals surface area (Å²) in [4.78, 5) is 13.0. The Labute approximate surface area is 193 Å². The van der Waals surface area contributed by atoms with E-state index in [0.717, 1.165) is 30.4 Å². The third-order valence-electron chi connectivity index (χ3n) is 4.82. The first-order valence-corrected chi connectivity index (χ1v) is 9.84. The maximum Gasteiger partial charge on any atom is 0.191 e.